The Morgan fingerprint density at radius 1 is 1.20 bits per heavy atom. The summed E-state index contributed by atoms with van der Waals surface area (Å²) >= 11 is 0. The van der Waals surface area contributed by atoms with Crippen molar-refractivity contribution in [2.45, 2.75) is 13.3 Å². The molecule has 0 aliphatic heterocycles. The van der Waals surface area contributed by atoms with E-state index in [1.807, 2.05) is 19.0 Å². The molecule has 0 unspecified atom stereocenters. The molecule has 0 atom stereocenters. The first-order chi connectivity index (χ1) is 9.36. The molecule has 0 aliphatic rings. The van der Waals surface area contributed by atoms with Crippen molar-refractivity contribution in [1.29, 1.82) is 0 Å². The summed E-state index contributed by atoms with van der Waals surface area (Å²) in [4.78, 5) is 14.3. The lowest BCUT2D eigenvalue weighted by Gasteiger charge is -2.25. The maximum Gasteiger partial charge on any atom is 0.335 e. The summed E-state index contributed by atoms with van der Waals surface area (Å²) in [7, 11) is 3.86. The maximum atomic E-state index is 13.9. The molecular formula is C14H20F2N2O2. The van der Waals surface area contributed by atoms with E-state index >= 15 is 0 Å². The first-order valence-corrected chi connectivity index (χ1v) is 6.48. The van der Waals surface area contributed by atoms with Crippen molar-refractivity contribution in [3.05, 3.63) is 29.3 Å². The van der Waals surface area contributed by atoms with Crippen LogP contribution >= 0.6 is 0 Å². The molecule has 1 aromatic carbocycles. The van der Waals surface area contributed by atoms with E-state index < -0.39 is 17.6 Å². The van der Waals surface area contributed by atoms with E-state index in [1.54, 1.807) is 11.8 Å². The molecule has 0 fully saturated rings. The number of aromatic carboxylic acids is 1. The van der Waals surface area contributed by atoms with Gasteiger partial charge in [-0.05, 0) is 46.1 Å². The number of halogens is 2. The Bertz CT molecular complexity index is 455. The summed E-state index contributed by atoms with van der Waals surface area (Å²) in [6.45, 7) is 3.58. The predicted octanol–water partition coefficient (Wildman–Crippen LogP) is 2.44. The van der Waals surface area contributed by atoms with Gasteiger partial charge < -0.3 is 14.9 Å². The highest BCUT2D eigenvalue weighted by Gasteiger charge is 2.19. The lowest BCUT2D eigenvalue weighted by Crippen LogP contribution is -2.28. The summed E-state index contributed by atoms with van der Waals surface area (Å²) in [6.07, 6.45) is 0.764. The molecule has 1 rings (SSSR count). The van der Waals surface area contributed by atoms with Gasteiger partial charge in [-0.3, -0.25) is 0 Å². The van der Waals surface area contributed by atoms with Crippen LogP contribution < -0.4 is 4.90 Å². The third-order valence-electron chi connectivity index (χ3n) is 3.00. The van der Waals surface area contributed by atoms with E-state index in [4.69, 9.17) is 5.11 Å². The molecule has 0 heterocycles. The quantitative estimate of drug-likeness (QED) is 0.836. The highest BCUT2D eigenvalue weighted by Crippen LogP contribution is 2.25. The number of benzene rings is 1. The number of rotatable bonds is 7. The van der Waals surface area contributed by atoms with Gasteiger partial charge in [-0.25, -0.2) is 13.6 Å². The van der Waals surface area contributed by atoms with Crippen LogP contribution in [0.3, 0.4) is 0 Å². The Kier molecular flexibility index (Phi) is 5.88. The molecule has 20 heavy (non-hydrogen) atoms. The summed E-state index contributed by atoms with van der Waals surface area (Å²) in [5.74, 6) is -3.02. The molecule has 112 valence electrons. The fourth-order valence-corrected chi connectivity index (χ4v) is 2.00. The Morgan fingerprint density at radius 2 is 1.75 bits per heavy atom. The number of carbonyl (C=O) groups is 1. The van der Waals surface area contributed by atoms with Crippen molar-refractivity contribution < 1.29 is 18.7 Å². The van der Waals surface area contributed by atoms with E-state index in [0.29, 0.717) is 13.1 Å². The number of nitrogens with zero attached hydrogens (tertiary/aromatic N) is 2. The van der Waals surface area contributed by atoms with Gasteiger partial charge in [0.2, 0.25) is 0 Å². The smallest absolute Gasteiger partial charge is 0.335 e. The second-order valence-electron chi connectivity index (χ2n) is 4.83. The van der Waals surface area contributed by atoms with E-state index in [2.05, 4.69) is 0 Å². The molecule has 1 aromatic rings. The van der Waals surface area contributed by atoms with E-state index in [9.17, 15) is 13.6 Å². The number of carboxylic acid groups (broad SMARTS) is 1. The molecule has 0 saturated heterocycles. The first kappa shape index (κ1) is 16.4. The maximum absolute atomic E-state index is 13.9. The topological polar surface area (TPSA) is 43.8 Å². The van der Waals surface area contributed by atoms with Crippen LogP contribution in [0.25, 0.3) is 0 Å². The van der Waals surface area contributed by atoms with Crippen LogP contribution in [0.4, 0.5) is 14.5 Å². The second kappa shape index (κ2) is 7.19. The number of hydrogen-bond acceptors (Lipinski definition) is 3. The van der Waals surface area contributed by atoms with Gasteiger partial charge in [0.25, 0.3) is 0 Å². The summed E-state index contributed by atoms with van der Waals surface area (Å²) in [5.41, 5.74) is -0.538. The Hall–Kier alpha value is -1.69. The molecule has 0 spiro atoms. The lowest BCUT2D eigenvalue weighted by molar-refractivity contribution is 0.0695. The summed E-state index contributed by atoms with van der Waals surface area (Å²) < 4.78 is 27.9. The van der Waals surface area contributed by atoms with Crippen LogP contribution in [-0.4, -0.2) is 49.7 Å². The van der Waals surface area contributed by atoms with Crippen molar-refractivity contribution in [3.8, 4) is 0 Å². The Balaban J connectivity index is 2.95. The molecule has 0 aromatic heterocycles. The van der Waals surface area contributed by atoms with Crippen LogP contribution in [0.5, 0.6) is 0 Å². The molecule has 0 radical (unpaired) electrons. The Labute approximate surface area is 117 Å². The zero-order chi connectivity index (χ0) is 15.3. The first-order valence-electron chi connectivity index (χ1n) is 6.48. The van der Waals surface area contributed by atoms with Gasteiger partial charge in [-0.1, -0.05) is 0 Å². The lowest BCUT2D eigenvalue weighted by atomic mass is 10.1. The Morgan fingerprint density at radius 3 is 2.15 bits per heavy atom. The van der Waals surface area contributed by atoms with Crippen molar-refractivity contribution in [2.75, 3.05) is 38.6 Å². The fourth-order valence-electron chi connectivity index (χ4n) is 2.00. The molecule has 6 heteroatoms. The normalized spacial score (nSPS) is 10.9. The van der Waals surface area contributed by atoms with Crippen molar-refractivity contribution in [3.63, 3.8) is 0 Å². The number of anilines is 1. The molecule has 4 nitrogen and oxygen atoms in total. The average Bonchev–Trinajstić information content (AvgIpc) is 2.35. The largest absolute Gasteiger partial charge is 0.478 e. The standard InChI is InChI=1S/C14H20F2N2O2/c1-4-18(7-5-6-17(2)3)13-11(15)8-10(14(19)20)9-12(13)16/h8-9H,4-7H2,1-3H3,(H,19,20). The zero-order valence-corrected chi connectivity index (χ0v) is 12.0. The van der Waals surface area contributed by atoms with Gasteiger partial charge >= 0.3 is 5.97 Å². The average molecular weight is 286 g/mol. The molecule has 0 aliphatic carbocycles. The van der Waals surface area contributed by atoms with E-state index in [-0.39, 0.29) is 11.3 Å². The zero-order valence-electron chi connectivity index (χ0n) is 12.0. The van der Waals surface area contributed by atoms with Crippen molar-refractivity contribution in [2.24, 2.45) is 0 Å². The van der Waals surface area contributed by atoms with Crippen LogP contribution in [0.1, 0.15) is 23.7 Å². The molecular weight excluding hydrogens is 266 g/mol. The predicted molar refractivity (Wildman–Crippen MR) is 74.4 cm³/mol. The van der Waals surface area contributed by atoms with E-state index in [1.165, 1.54) is 0 Å². The third kappa shape index (κ3) is 4.16. The molecule has 0 amide bonds. The number of hydrogen-bond donors (Lipinski definition) is 1. The van der Waals surface area contributed by atoms with Crippen molar-refractivity contribution in [1.82, 2.24) is 4.90 Å². The summed E-state index contributed by atoms with van der Waals surface area (Å²) in [6, 6.07) is 1.71. The minimum absolute atomic E-state index is 0.156. The monoisotopic (exact) mass is 286 g/mol. The second-order valence-corrected chi connectivity index (χ2v) is 4.83. The minimum atomic E-state index is -1.34. The fraction of sp³-hybridized carbons (Fsp3) is 0.500. The highest BCUT2D eigenvalue weighted by atomic mass is 19.1. The van der Waals surface area contributed by atoms with Gasteiger partial charge in [-0.15, -0.1) is 0 Å². The highest BCUT2D eigenvalue weighted by molar-refractivity contribution is 5.88. The number of carboxylic acids is 1. The molecule has 0 saturated carbocycles. The van der Waals surface area contributed by atoms with Crippen LogP contribution in [0.2, 0.25) is 0 Å². The minimum Gasteiger partial charge on any atom is -0.478 e. The summed E-state index contributed by atoms with van der Waals surface area (Å²) in [5, 5.41) is 8.77. The van der Waals surface area contributed by atoms with Crippen LogP contribution in [0, 0.1) is 11.6 Å². The van der Waals surface area contributed by atoms with Crippen LogP contribution in [-0.2, 0) is 0 Å². The third-order valence-corrected chi connectivity index (χ3v) is 3.00. The SMILES string of the molecule is CCN(CCCN(C)C)c1c(F)cc(C(=O)O)cc1F. The van der Waals surface area contributed by atoms with Gasteiger partial charge in [0.05, 0.1) is 5.56 Å². The molecule has 1 N–H and O–H groups in total. The van der Waals surface area contributed by atoms with Gasteiger partial charge in [0.1, 0.15) is 17.3 Å². The van der Waals surface area contributed by atoms with Gasteiger partial charge in [0, 0.05) is 13.1 Å². The molecule has 0 bridgehead atoms. The van der Waals surface area contributed by atoms with Gasteiger partial charge in [0.15, 0.2) is 0 Å². The van der Waals surface area contributed by atoms with Crippen molar-refractivity contribution >= 4 is 11.7 Å². The van der Waals surface area contributed by atoms with Gasteiger partial charge in [-0.2, -0.15) is 0 Å². The van der Waals surface area contributed by atoms with Crippen LogP contribution in [0.15, 0.2) is 12.1 Å². The van der Waals surface area contributed by atoms with E-state index in [0.717, 1.165) is 25.1 Å².